The van der Waals surface area contributed by atoms with Gasteiger partial charge in [-0.05, 0) is 94.0 Å². The molecule has 7 aliphatic heterocycles. The molecule has 7 fully saturated rings. The van der Waals surface area contributed by atoms with Crippen LogP contribution in [-0.4, -0.2) is 173 Å². The zero-order valence-electron chi connectivity index (χ0n) is 45.4. The second-order valence-corrected chi connectivity index (χ2v) is 25.6. The Morgan fingerprint density at radius 1 is 0.987 bits per heavy atom. The molecule has 6 atom stereocenters. The van der Waals surface area contributed by atoms with Gasteiger partial charge in [0.05, 0.1) is 71.9 Å². The molecule has 0 radical (unpaired) electrons. The molecule has 12 rings (SSSR count). The lowest BCUT2D eigenvalue weighted by atomic mass is 9.84. The lowest BCUT2D eigenvalue weighted by molar-refractivity contribution is -0.155. The molecule has 6 saturated heterocycles. The van der Waals surface area contributed by atoms with E-state index in [1.807, 2.05) is 4.90 Å². The van der Waals surface area contributed by atoms with Crippen LogP contribution < -0.4 is 21.0 Å². The number of morpholine rings is 1. The zero-order chi connectivity index (χ0) is 52.5. The van der Waals surface area contributed by atoms with Crippen LogP contribution in [0.5, 0.6) is 0 Å². The molecule has 3 N–H and O–H groups in total. The summed E-state index contributed by atoms with van der Waals surface area (Å²) in [5, 5.41) is 12.0. The molecule has 6 bridgehead atoms. The van der Waals surface area contributed by atoms with Crippen LogP contribution in [0.1, 0.15) is 108 Å². The lowest BCUT2D eigenvalue weighted by Gasteiger charge is -2.44. The Bertz CT molecular complexity index is 2860. The number of anilines is 1. The number of carbonyl (C=O) groups excluding carboxylic acids is 4. The lowest BCUT2D eigenvalue weighted by Crippen LogP contribution is -2.62. The van der Waals surface area contributed by atoms with Crippen molar-refractivity contribution in [2.45, 2.75) is 141 Å². The van der Waals surface area contributed by atoms with Gasteiger partial charge in [-0.25, -0.2) is 10.4 Å². The highest BCUT2D eigenvalue weighted by Crippen LogP contribution is 2.45. The van der Waals surface area contributed by atoms with E-state index in [9.17, 15) is 14.4 Å². The number of hydrogen-bond acceptors (Lipinski definition) is 14. The Kier molecular flexibility index (Phi) is 14.3. The van der Waals surface area contributed by atoms with Crippen molar-refractivity contribution in [2.24, 2.45) is 16.7 Å². The van der Waals surface area contributed by atoms with Gasteiger partial charge in [-0.15, -0.1) is 11.3 Å². The molecule has 3 amide bonds. The van der Waals surface area contributed by atoms with Crippen LogP contribution in [0.15, 0.2) is 35.8 Å². The van der Waals surface area contributed by atoms with Gasteiger partial charge in [0.15, 0.2) is 0 Å². The number of aromatic nitrogens is 3. The van der Waals surface area contributed by atoms with Crippen molar-refractivity contribution in [3.05, 3.63) is 52.1 Å². The van der Waals surface area contributed by atoms with Crippen molar-refractivity contribution < 1.29 is 28.7 Å². The quantitative estimate of drug-likeness (QED) is 0.140. The van der Waals surface area contributed by atoms with E-state index >= 15 is 4.79 Å². The fourth-order valence-electron chi connectivity index (χ4n) is 14.1. The number of piperazine rings is 1. The number of hydrazine groups is 1. The SMILES string of the molecule is CCn1c(-c2cc(N3CCN4CCOC[C@@H]4C3)cnc2C(C)C)c2c3cc(ccc31)-c1csc(n1)C[C@H](NC(=O)[C@H](C1CCCC1)N1CC[C@]3(CCN(C(=O)[C@H]4CN4)C3)C1)C(=O)N1CCC[C@H](N1)C(=O)OCC(C)(C)C2. The number of carbonyl (C=O) groups is 4. The van der Waals surface area contributed by atoms with Gasteiger partial charge in [-0.1, -0.05) is 46.6 Å². The fourth-order valence-corrected chi connectivity index (χ4v) is 15.0. The van der Waals surface area contributed by atoms with Crippen LogP contribution in [0.3, 0.4) is 0 Å². The van der Waals surface area contributed by atoms with Gasteiger partial charge in [-0.2, -0.15) is 0 Å². The van der Waals surface area contributed by atoms with Crippen molar-refractivity contribution in [2.75, 3.05) is 90.2 Å². The summed E-state index contributed by atoms with van der Waals surface area (Å²) in [6, 6.07) is 7.31. The van der Waals surface area contributed by atoms with E-state index in [1.165, 1.54) is 16.9 Å². The summed E-state index contributed by atoms with van der Waals surface area (Å²) in [7, 11) is 0. The molecule has 0 unspecified atom stereocenters. The van der Waals surface area contributed by atoms with Crippen molar-refractivity contribution >= 4 is 51.6 Å². The van der Waals surface area contributed by atoms with E-state index in [4.69, 9.17) is 19.4 Å². The van der Waals surface area contributed by atoms with E-state index in [1.54, 1.807) is 5.01 Å². The minimum Gasteiger partial charge on any atom is -0.464 e. The minimum absolute atomic E-state index is 0.0317. The van der Waals surface area contributed by atoms with Crippen LogP contribution in [0.4, 0.5) is 5.69 Å². The molecule has 17 nitrogen and oxygen atoms in total. The summed E-state index contributed by atoms with van der Waals surface area (Å²) in [6.45, 7) is 21.4. The van der Waals surface area contributed by atoms with E-state index in [2.05, 4.69) is 106 Å². The molecule has 10 heterocycles. The smallest absolute Gasteiger partial charge is 0.324 e. The van der Waals surface area contributed by atoms with Crippen molar-refractivity contribution in [1.29, 1.82) is 0 Å². The number of thiazole rings is 1. The molecule has 1 aromatic carbocycles. The van der Waals surface area contributed by atoms with Crippen LogP contribution in [-0.2, 0) is 48.0 Å². The van der Waals surface area contributed by atoms with E-state index in [0.717, 1.165) is 167 Å². The molecular weight excluding hydrogens is 979 g/mol. The number of pyridine rings is 1. The van der Waals surface area contributed by atoms with Gasteiger partial charge in [0.2, 0.25) is 11.8 Å². The highest BCUT2D eigenvalue weighted by molar-refractivity contribution is 7.10. The van der Waals surface area contributed by atoms with E-state index in [0.29, 0.717) is 31.8 Å². The first kappa shape index (κ1) is 51.8. The number of ether oxygens (including phenoxy) is 2. The predicted molar refractivity (Wildman–Crippen MR) is 294 cm³/mol. The number of nitrogens with zero attached hydrogens (tertiary/aromatic N) is 8. The van der Waals surface area contributed by atoms with Gasteiger partial charge in [-0.3, -0.25) is 39.0 Å². The molecule has 408 valence electrons. The Morgan fingerprint density at radius 3 is 2.62 bits per heavy atom. The number of benzene rings is 1. The molecule has 4 aromatic rings. The standard InChI is InChI=1S/C58H79N11O6S/c1-6-68-48-14-13-38-24-41(48)43(52(68)42-25-39(28-60-50(42)36(2)3)65-21-20-64-22-23-74-31-40(64)30-65)27-57(4,5)35-75-56(73)44-12-9-17-69(63-44)55(72)45(26-49-61-47(38)32-76-49)62-53(70)51(37-10-7-8-11-37)66-18-15-58(33-66)16-19-67(34-58)54(71)46-29-59-46/h13-14,24-25,28,32,36-37,40,44-46,51,59,63H,6-12,15-23,26-27,29-31,33-35H2,1-5H3,(H,62,70)/t40-,44-,45-,46+,51-,58-/m0/s1. The number of aryl methyl sites for hydroxylation is 1. The summed E-state index contributed by atoms with van der Waals surface area (Å²) in [5.74, 6) is -0.254. The Balaban J connectivity index is 0.888. The zero-order valence-corrected chi connectivity index (χ0v) is 46.2. The van der Waals surface area contributed by atoms with Gasteiger partial charge in [0.1, 0.15) is 12.1 Å². The summed E-state index contributed by atoms with van der Waals surface area (Å²) < 4.78 is 14.7. The Hall–Kier alpha value is -4.98. The minimum atomic E-state index is -0.924. The van der Waals surface area contributed by atoms with Gasteiger partial charge in [0.25, 0.3) is 5.91 Å². The third kappa shape index (κ3) is 10.2. The van der Waals surface area contributed by atoms with Crippen LogP contribution in [0.2, 0.25) is 0 Å². The van der Waals surface area contributed by atoms with Gasteiger partial charge >= 0.3 is 5.97 Å². The highest BCUT2D eigenvalue weighted by Gasteiger charge is 2.50. The number of esters is 1. The Morgan fingerprint density at radius 2 is 1.82 bits per heavy atom. The second kappa shape index (κ2) is 21.0. The maximum absolute atomic E-state index is 15.1. The first-order valence-electron chi connectivity index (χ1n) is 28.7. The topological polar surface area (TPSA) is 180 Å². The number of hydrogen-bond donors (Lipinski definition) is 3. The first-order chi connectivity index (χ1) is 36.7. The third-order valence-corrected chi connectivity index (χ3v) is 19.1. The number of cyclic esters (lactones) is 1. The summed E-state index contributed by atoms with van der Waals surface area (Å²) in [5.41, 5.74) is 11.3. The van der Waals surface area contributed by atoms with Crippen molar-refractivity contribution in [3.8, 4) is 22.5 Å². The molecule has 1 aliphatic carbocycles. The fraction of sp³-hybridized carbons (Fsp3) is 0.655. The predicted octanol–water partition coefficient (Wildman–Crippen LogP) is 5.59. The molecule has 18 heteroatoms. The number of likely N-dealkylation sites (tertiary alicyclic amines) is 2. The summed E-state index contributed by atoms with van der Waals surface area (Å²) in [4.78, 5) is 77.5. The van der Waals surface area contributed by atoms with E-state index < -0.39 is 17.5 Å². The summed E-state index contributed by atoms with van der Waals surface area (Å²) in [6.07, 6.45) is 10.0. The maximum atomic E-state index is 15.1. The first-order valence-corrected chi connectivity index (χ1v) is 29.6. The molecule has 3 aromatic heterocycles. The number of amides is 3. The summed E-state index contributed by atoms with van der Waals surface area (Å²) >= 11 is 1.51. The normalized spacial score (nSPS) is 28.1. The average Bonchev–Trinajstić information content (AvgIpc) is 3.94. The van der Waals surface area contributed by atoms with Gasteiger partial charge in [0, 0.05) is 110 Å². The monoisotopic (exact) mass is 1060 g/mol. The van der Waals surface area contributed by atoms with E-state index in [-0.39, 0.29) is 66.1 Å². The van der Waals surface area contributed by atoms with Crippen LogP contribution >= 0.6 is 11.3 Å². The highest BCUT2D eigenvalue weighted by atomic mass is 32.1. The Labute approximate surface area is 451 Å². The number of fused-ring (bicyclic) bond motifs is 7. The number of rotatable bonds is 9. The van der Waals surface area contributed by atoms with Crippen molar-refractivity contribution in [3.63, 3.8) is 0 Å². The van der Waals surface area contributed by atoms with Crippen molar-refractivity contribution in [1.82, 2.24) is 50.3 Å². The molecule has 1 saturated carbocycles. The van der Waals surface area contributed by atoms with Gasteiger partial charge < -0.3 is 34.5 Å². The second-order valence-electron chi connectivity index (χ2n) is 24.6. The average molecular weight is 1060 g/mol. The molecule has 76 heavy (non-hydrogen) atoms. The van der Waals surface area contributed by atoms with Crippen LogP contribution in [0, 0.1) is 16.7 Å². The molecule has 1 spiro atoms. The molecular formula is C58H79N11O6S. The number of nitrogens with one attached hydrogen (secondary N) is 3. The largest absolute Gasteiger partial charge is 0.464 e. The maximum Gasteiger partial charge on any atom is 0.324 e. The third-order valence-electron chi connectivity index (χ3n) is 18.3. The van der Waals surface area contributed by atoms with Crippen LogP contribution in [0.25, 0.3) is 33.4 Å². The molecule has 8 aliphatic rings.